The van der Waals surface area contributed by atoms with Gasteiger partial charge in [-0.3, -0.25) is 9.48 Å². The molecule has 3 heterocycles. The van der Waals surface area contributed by atoms with Crippen molar-refractivity contribution in [2.75, 3.05) is 50.6 Å². The van der Waals surface area contributed by atoms with Gasteiger partial charge >= 0.3 is 0 Å². The van der Waals surface area contributed by atoms with Crippen LogP contribution in [-0.4, -0.2) is 71.0 Å². The van der Waals surface area contributed by atoms with Gasteiger partial charge in [-0.25, -0.2) is 4.98 Å². The van der Waals surface area contributed by atoms with E-state index in [0.717, 1.165) is 22.9 Å². The fourth-order valence-corrected chi connectivity index (χ4v) is 3.63. The van der Waals surface area contributed by atoms with E-state index in [1.807, 2.05) is 42.2 Å². The molecular formula is C22H27N7O3. The van der Waals surface area contributed by atoms with E-state index in [1.54, 1.807) is 25.0 Å². The molecule has 1 aliphatic rings. The second-order valence-electron chi connectivity index (χ2n) is 7.55. The van der Waals surface area contributed by atoms with Crippen LogP contribution in [-0.2, 0) is 7.05 Å². The predicted octanol–water partition coefficient (Wildman–Crippen LogP) is 2.24. The molecule has 0 spiro atoms. The average Bonchev–Trinajstić information content (AvgIpc) is 3.19. The number of methoxy groups -OCH3 is 2. The van der Waals surface area contributed by atoms with Crippen LogP contribution in [0, 0.1) is 6.92 Å². The maximum atomic E-state index is 12.9. The molecule has 32 heavy (non-hydrogen) atoms. The molecule has 10 nitrogen and oxygen atoms in total. The summed E-state index contributed by atoms with van der Waals surface area (Å²) in [6, 6.07) is 9.57. The van der Waals surface area contributed by atoms with Crippen LogP contribution in [0.3, 0.4) is 0 Å². The number of carbonyl (C=O) groups is 1. The monoisotopic (exact) mass is 437 g/mol. The van der Waals surface area contributed by atoms with Crippen molar-refractivity contribution in [2.45, 2.75) is 6.92 Å². The highest BCUT2D eigenvalue weighted by molar-refractivity contribution is 5.96. The van der Waals surface area contributed by atoms with E-state index in [1.165, 1.54) is 7.11 Å². The summed E-state index contributed by atoms with van der Waals surface area (Å²) in [5.41, 5.74) is 2.25. The lowest BCUT2D eigenvalue weighted by Gasteiger charge is -2.34. The second-order valence-corrected chi connectivity index (χ2v) is 7.55. The number of anilines is 3. The Morgan fingerprint density at radius 2 is 1.75 bits per heavy atom. The zero-order valence-electron chi connectivity index (χ0n) is 18.7. The van der Waals surface area contributed by atoms with Gasteiger partial charge in [-0.05, 0) is 31.2 Å². The summed E-state index contributed by atoms with van der Waals surface area (Å²) in [4.78, 5) is 26.1. The summed E-state index contributed by atoms with van der Waals surface area (Å²) in [6.07, 6.45) is 1.69. The third-order valence-electron chi connectivity index (χ3n) is 5.27. The third-order valence-corrected chi connectivity index (χ3v) is 5.27. The van der Waals surface area contributed by atoms with Crippen LogP contribution in [0.15, 0.2) is 36.5 Å². The van der Waals surface area contributed by atoms with Gasteiger partial charge in [-0.2, -0.15) is 4.98 Å². The Labute approximate surface area is 186 Å². The van der Waals surface area contributed by atoms with Crippen molar-refractivity contribution in [3.05, 3.63) is 47.8 Å². The zero-order valence-corrected chi connectivity index (χ0v) is 18.7. The maximum Gasteiger partial charge on any atom is 0.261 e. The molecule has 4 rings (SSSR count). The van der Waals surface area contributed by atoms with Crippen molar-refractivity contribution in [1.82, 2.24) is 24.6 Å². The number of amides is 1. The van der Waals surface area contributed by atoms with E-state index in [-0.39, 0.29) is 5.91 Å². The number of ether oxygens (including phenoxy) is 2. The highest BCUT2D eigenvalue weighted by atomic mass is 16.5. The molecule has 0 radical (unpaired) electrons. The first-order chi connectivity index (χ1) is 15.5. The smallest absolute Gasteiger partial charge is 0.261 e. The average molecular weight is 438 g/mol. The molecule has 2 aromatic heterocycles. The topological polar surface area (TPSA) is 97.6 Å². The fraction of sp³-hybridized carbons (Fsp3) is 0.364. The minimum absolute atomic E-state index is 0.0818. The van der Waals surface area contributed by atoms with Crippen molar-refractivity contribution in [3.8, 4) is 11.6 Å². The molecule has 168 valence electrons. The summed E-state index contributed by atoms with van der Waals surface area (Å²) in [6.45, 7) is 4.35. The molecule has 0 aliphatic carbocycles. The van der Waals surface area contributed by atoms with Gasteiger partial charge in [0.2, 0.25) is 11.8 Å². The summed E-state index contributed by atoms with van der Waals surface area (Å²) < 4.78 is 12.0. The zero-order chi connectivity index (χ0) is 22.7. The largest absolute Gasteiger partial charge is 0.497 e. The second kappa shape index (κ2) is 9.13. The quantitative estimate of drug-likeness (QED) is 0.627. The number of hydrogen-bond donors (Lipinski definition) is 1. The molecule has 1 N–H and O–H groups in total. The molecule has 1 amide bonds. The molecule has 10 heteroatoms. The van der Waals surface area contributed by atoms with Crippen LogP contribution in [0.4, 0.5) is 17.5 Å². The standard InChI is InChI=1S/C22H27N7O3/c1-15-13-19(24-16-5-7-17(31-3)8-6-16)25-22(23-15)29-11-9-28(10-12-29)21(30)18-14-27(2)26-20(18)32-4/h5-8,13-14H,9-12H2,1-4H3,(H,23,24,25). The number of carbonyl (C=O) groups excluding carboxylic acids is 1. The lowest BCUT2D eigenvalue weighted by molar-refractivity contribution is 0.0742. The lowest BCUT2D eigenvalue weighted by atomic mass is 10.2. The lowest BCUT2D eigenvalue weighted by Crippen LogP contribution is -2.49. The van der Waals surface area contributed by atoms with Crippen LogP contribution < -0.4 is 19.7 Å². The Balaban J connectivity index is 1.43. The van der Waals surface area contributed by atoms with E-state index in [0.29, 0.717) is 43.6 Å². The van der Waals surface area contributed by atoms with Gasteiger partial charge in [-0.1, -0.05) is 0 Å². The van der Waals surface area contributed by atoms with Crippen LogP contribution in [0.5, 0.6) is 11.6 Å². The Morgan fingerprint density at radius 3 is 2.41 bits per heavy atom. The number of piperazine rings is 1. The van der Waals surface area contributed by atoms with Crippen molar-refractivity contribution in [2.24, 2.45) is 7.05 Å². The van der Waals surface area contributed by atoms with Crippen molar-refractivity contribution in [1.29, 1.82) is 0 Å². The first kappa shape index (κ1) is 21.4. The Hall–Kier alpha value is -3.82. The van der Waals surface area contributed by atoms with E-state index in [2.05, 4.69) is 25.3 Å². The molecule has 0 atom stereocenters. The highest BCUT2D eigenvalue weighted by Crippen LogP contribution is 2.23. The number of nitrogens with one attached hydrogen (secondary N) is 1. The number of rotatable bonds is 6. The summed E-state index contributed by atoms with van der Waals surface area (Å²) in [5.74, 6) is 2.42. The van der Waals surface area contributed by atoms with Gasteiger partial charge in [0.05, 0.1) is 14.2 Å². The Bertz CT molecular complexity index is 1090. The van der Waals surface area contributed by atoms with Gasteiger partial charge in [-0.15, -0.1) is 5.10 Å². The van der Waals surface area contributed by atoms with E-state index < -0.39 is 0 Å². The van der Waals surface area contributed by atoms with Gasteiger partial charge in [0.1, 0.15) is 17.1 Å². The molecule has 1 aromatic carbocycles. The minimum Gasteiger partial charge on any atom is -0.497 e. The molecule has 1 fully saturated rings. The third kappa shape index (κ3) is 4.58. The molecule has 1 saturated heterocycles. The number of benzene rings is 1. The Kier molecular flexibility index (Phi) is 6.11. The number of hydrogen-bond acceptors (Lipinski definition) is 8. The van der Waals surface area contributed by atoms with Crippen LogP contribution in [0.2, 0.25) is 0 Å². The number of aromatic nitrogens is 4. The van der Waals surface area contributed by atoms with Crippen molar-refractivity contribution >= 4 is 23.4 Å². The molecule has 0 unspecified atom stereocenters. The summed E-state index contributed by atoms with van der Waals surface area (Å²) in [5, 5.41) is 7.49. The Morgan fingerprint density at radius 1 is 1.03 bits per heavy atom. The summed E-state index contributed by atoms with van der Waals surface area (Å²) in [7, 11) is 4.93. The van der Waals surface area contributed by atoms with Crippen LogP contribution in [0.1, 0.15) is 16.1 Å². The van der Waals surface area contributed by atoms with E-state index in [9.17, 15) is 4.79 Å². The van der Waals surface area contributed by atoms with E-state index >= 15 is 0 Å². The molecular weight excluding hydrogens is 410 g/mol. The normalized spacial score (nSPS) is 13.8. The molecule has 0 bridgehead atoms. The predicted molar refractivity (Wildman–Crippen MR) is 121 cm³/mol. The van der Waals surface area contributed by atoms with Gasteiger partial charge < -0.3 is 24.6 Å². The van der Waals surface area contributed by atoms with Gasteiger partial charge in [0.25, 0.3) is 5.91 Å². The number of nitrogens with zero attached hydrogens (tertiary/aromatic N) is 6. The molecule has 3 aromatic rings. The van der Waals surface area contributed by atoms with Crippen molar-refractivity contribution < 1.29 is 14.3 Å². The molecule has 0 saturated carbocycles. The van der Waals surface area contributed by atoms with Crippen molar-refractivity contribution in [3.63, 3.8) is 0 Å². The molecule has 1 aliphatic heterocycles. The van der Waals surface area contributed by atoms with Gasteiger partial charge in [0, 0.05) is 56.9 Å². The minimum atomic E-state index is -0.0818. The number of aryl methyl sites for hydroxylation is 2. The summed E-state index contributed by atoms with van der Waals surface area (Å²) >= 11 is 0. The van der Waals surface area contributed by atoms with Crippen LogP contribution >= 0.6 is 0 Å². The SMILES string of the molecule is COc1ccc(Nc2cc(C)nc(N3CCN(C(=O)c4cn(C)nc4OC)CC3)n2)cc1. The van der Waals surface area contributed by atoms with Gasteiger partial charge in [0.15, 0.2) is 0 Å². The van der Waals surface area contributed by atoms with Crippen LogP contribution in [0.25, 0.3) is 0 Å². The highest BCUT2D eigenvalue weighted by Gasteiger charge is 2.27. The first-order valence-electron chi connectivity index (χ1n) is 10.4. The van der Waals surface area contributed by atoms with E-state index in [4.69, 9.17) is 9.47 Å². The fourth-order valence-electron chi connectivity index (χ4n) is 3.63. The maximum absolute atomic E-state index is 12.9. The first-order valence-corrected chi connectivity index (χ1v) is 10.4.